The zero-order valence-electron chi connectivity index (χ0n) is 15.7. The largest absolute Gasteiger partial charge is 0.509 e. The number of hydrogen-bond donors (Lipinski definition) is 2. The molecule has 2 aromatic carbocycles. The number of aliphatic hydroxyl groups excluding tert-OH is 1. The molecule has 0 bridgehead atoms. The number of hydrogen-bond acceptors (Lipinski definition) is 2. The number of nitrogens with one attached hydrogen (secondary N) is 1. The summed E-state index contributed by atoms with van der Waals surface area (Å²) >= 11 is 12.3. The van der Waals surface area contributed by atoms with E-state index < -0.39 is 23.5 Å². The summed E-state index contributed by atoms with van der Waals surface area (Å²) < 4.78 is 39.1. The quantitative estimate of drug-likeness (QED) is 0.539. The van der Waals surface area contributed by atoms with Crippen LogP contribution in [0, 0.1) is 5.92 Å². The molecule has 8 heteroatoms. The molecule has 0 unspecified atom stereocenters. The molecule has 0 radical (unpaired) electrons. The lowest BCUT2D eigenvalue weighted by Gasteiger charge is -2.37. The topological polar surface area (TPSA) is 49.3 Å². The van der Waals surface area contributed by atoms with Gasteiger partial charge in [0, 0.05) is 15.6 Å². The number of aliphatic hydroxyl groups is 1. The van der Waals surface area contributed by atoms with Gasteiger partial charge >= 0.3 is 6.18 Å². The van der Waals surface area contributed by atoms with Crippen molar-refractivity contribution in [1.82, 2.24) is 5.32 Å². The Morgan fingerprint density at radius 2 is 1.60 bits per heavy atom. The van der Waals surface area contributed by atoms with E-state index in [0.717, 1.165) is 11.1 Å². The number of carbonyl (C=O) groups is 1. The van der Waals surface area contributed by atoms with Gasteiger partial charge in [0.15, 0.2) is 0 Å². The summed E-state index contributed by atoms with van der Waals surface area (Å²) in [6, 6.07) is 12.2. The molecule has 1 aliphatic carbocycles. The molecule has 1 amide bonds. The van der Waals surface area contributed by atoms with Gasteiger partial charge in [-0.2, -0.15) is 13.2 Å². The van der Waals surface area contributed by atoms with E-state index in [1.165, 1.54) is 0 Å². The SMILES string of the molecule is O=C1NC2(CCC(C(F)(F)F)CC2)C(O)=C1c1cc(-c2ccc(Cl)cc2)ccc1Cl. The Balaban J connectivity index is 1.70. The standard InChI is InChI=1S/C22H18Cl2F3NO2/c23-15-4-1-12(2-5-15)13-3-6-17(24)16(11-13)18-19(29)21(28-20(18)30)9-7-14(8-10-21)22(25,26)27/h1-6,11,14,29H,7-10H2,(H,28,30). The molecule has 1 aliphatic heterocycles. The summed E-state index contributed by atoms with van der Waals surface area (Å²) in [5, 5.41) is 14.5. The van der Waals surface area contributed by atoms with E-state index >= 15 is 0 Å². The lowest BCUT2D eigenvalue weighted by Crippen LogP contribution is -2.48. The van der Waals surface area contributed by atoms with Crippen LogP contribution in [-0.4, -0.2) is 22.7 Å². The summed E-state index contributed by atoms with van der Waals surface area (Å²) in [7, 11) is 0. The molecule has 30 heavy (non-hydrogen) atoms. The summed E-state index contributed by atoms with van der Waals surface area (Å²) in [5.41, 5.74) is 0.792. The lowest BCUT2D eigenvalue weighted by molar-refractivity contribution is -0.184. The highest BCUT2D eigenvalue weighted by atomic mass is 35.5. The van der Waals surface area contributed by atoms with E-state index in [1.54, 1.807) is 30.3 Å². The highest BCUT2D eigenvalue weighted by molar-refractivity contribution is 6.36. The van der Waals surface area contributed by atoms with Crippen molar-refractivity contribution in [2.24, 2.45) is 5.92 Å². The molecule has 0 saturated heterocycles. The van der Waals surface area contributed by atoms with E-state index in [0.29, 0.717) is 10.6 Å². The Hall–Kier alpha value is -2.18. The van der Waals surface area contributed by atoms with Gasteiger partial charge in [0.25, 0.3) is 5.91 Å². The van der Waals surface area contributed by atoms with E-state index in [9.17, 15) is 23.1 Å². The third-order valence-electron chi connectivity index (χ3n) is 5.99. The molecule has 2 aliphatic rings. The third-order valence-corrected chi connectivity index (χ3v) is 6.57. The number of rotatable bonds is 2. The molecule has 0 atom stereocenters. The molecule has 4 rings (SSSR count). The molecule has 2 aromatic rings. The van der Waals surface area contributed by atoms with E-state index in [-0.39, 0.29) is 42.0 Å². The molecule has 1 fully saturated rings. The van der Waals surface area contributed by atoms with Crippen molar-refractivity contribution in [1.29, 1.82) is 0 Å². The molecule has 158 valence electrons. The number of alkyl halides is 3. The number of benzene rings is 2. The van der Waals surface area contributed by atoms with Crippen LogP contribution in [0.5, 0.6) is 0 Å². The normalized spacial score (nSPS) is 24.4. The van der Waals surface area contributed by atoms with E-state index in [4.69, 9.17) is 23.2 Å². The second-order valence-electron chi connectivity index (χ2n) is 7.78. The van der Waals surface area contributed by atoms with Crippen LogP contribution in [0.1, 0.15) is 31.2 Å². The van der Waals surface area contributed by atoms with E-state index in [1.807, 2.05) is 12.1 Å². The van der Waals surface area contributed by atoms with Crippen LogP contribution in [0.25, 0.3) is 16.7 Å². The summed E-state index contributed by atoms with van der Waals surface area (Å²) in [5.74, 6) is -2.19. The maximum Gasteiger partial charge on any atom is 0.391 e. The van der Waals surface area contributed by atoms with Crippen molar-refractivity contribution < 1.29 is 23.1 Å². The predicted molar refractivity (Wildman–Crippen MR) is 110 cm³/mol. The highest BCUT2D eigenvalue weighted by Gasteiger charge is 2.52. The fraction of sp³-hybridized carbons (Fsp3) is 0.318. The predicted octanol–water partition coefficient (Wildman–Crippen LogP) is 6.55. The van der Waals surface area contributed by atoms with Crippen molar-refractivity contribution in [2.75, 3.05) is 0 Å². The zero-order chi connectivity index (χ0) is 21.7. The highest BCUT2D eigenvalue weighted by Crippen LogP contribution is 2.47. The van der Waals surface area contributed by atoms with Crippen molar-refractivity contribution in [3.8, 4) is 11.1 Å². The first-order valence-electron chi connectivity index (χ1n) is 9.49. The average Bonchev–Trinajstić information content (AvgIpc) is 2.92. The van der Waals surface area contributed by atoms with E-state index in [2.05, 4.69) is 5.32 Å². The first-order valence-corrected chi connectivity index (χ1v) is 10.3. The first kappa shape index (κ1) is 21.1. The number of carbonyl (C=O) groups excluding carboxylic acids is 1. The fourth-order valence-electron chi connectivity index (χ4n) is 4.27. The molecule has 2 N–H and O–H groups in total. The van der Waals surface area contributed by atoms with Crippen LogP contribution in [0.3, 0.4) is 0 Å². The molecule has 3 nitrogen and oxygen atoms in total. The second kappa shape index (κ2) is 7.50. The Bertz CT molecular complexity index is 1020. The minimum Gasteiger partial charge on any atom is -0.509 e. The van der Waals surface area contributed by atoms with Gasteiger partial charge in [-0.3, -0.25) is 4.79 Å². The van der Waals surface area contributed by atoms with Gasteiger partial charge in [-0.05, 0) is 61.1 Å². The van der Waals surface area contributed by atoms with Gasteiger partial charge in [0.2, 0.25) is 0 Å². The Labute approximate surface area is 181 Å². The van der Waals surface area contributed by atoms with Crippen LogP contribution < -0.4 is 5.32 Å². The molecular weight excluding hydrogens is 438 g/mol. The van der Waals surface area contributed by atoms with Crippen LogP contribution in [0.4, 0.5) is 13.2 Å². The monoisotopic (exact) mass is 455 g/mol. The van der Waals surface area contributed by atoms with Crippen LogP contribution >= 0.6 is 23.2 Å². The molecule has 1 spiro atoms. The maximum absolute atomic E-state index is 13.0. The summed E-state index contributed by atoms with van der Waals surface area (Å²) in [4.78, 5) is 12.8. The molecule has 1 heterocycles. The number of halogens is 5. The van der Waals surface area contributed by atoms with Gasteiger partial charge in [-0.25, -0.2) is 0 Å². The van der Waals surface area contributed by atoms with Crippen LogP contribution in [-0.2, 0) is 4.79 Å². The van der Waals surface area contributed by atoms with Crippen molar-refractivity contribution in [2.45, 2.75) is 37.4 Å². The fourth-order valence-corrected chi connectivity index (χ4v) is 4.61. The lowest BCUT2D eigenvalue weighted by atomic mass is 9.75. The summed E-state index contributed by atoms with van der Waals surface area (Å²) in [6.45, 7) is 0. The summed E-state index contributed by atoms with van der Waals surface area (Å²) in [6.07, 6.45) is -4.54. The van der Waals surface area contributed by atoms with Crippen molar-refractivity contribution in [3.63, 3.8) is 0 Å². The van der Waals surface area contributed by atoms with Crippen molar-refractivity contribution in [3.05, 3.63) is 63.8 Å². The van der Waals surface area contributed by atoms with Gasteiger partial charge in [-0.1, -0.05) is 41.4 Å². The Morgan fingerprint density at radius 1 is 1.00 bits per heavy atom. The van der Waals surface area contributed by atoms with Gasteiger partial charge in [0.05, 0.1) is 17.0 Å². The first-order chi connectivity index (χ1) is 14.1. The average molecular weight is 456 g/mol. The minimum absolute atomic E-state index is 0.0151. The molecular formula is C22H18Cl2F3NO2. The Morgan fingerprint density at radius 3 is 2.20 bits per heavy atom. The smallest absolute Gasteiger partial charge is 0.391 e. The van der Waals surface area contributed by atoms with Crippen molar-refractivity contribution >= 4 is 34.7 Å². The van der Waals surface area contributed by atoms with Gasteiger partial charge in [0.1, 0.15) is 5.76 Å². The third kappa shape index (κ3) is 3.67. The van der Waals surface area contributed by atoms with Gasteiger partial charge < -0.3 is 10.4 Å². The van der Waals surface area contributed by atoms with Gasteiger partial charge in [-0.15, -0.1) is 0 Å². The Kier molecular flexibility index (Phi) is 5.27. The number of amides is 1. The second-order valence-corrected chi connectivity index (χ2v) is 8.62. The molecule has 0 aromatic heterocycles. The maximum atomic E-state index is 13.0. The zero-order valence-corrected chi connectivity index (χ0v) is 17.2. The minimum atomic E-state index is -4.28. The van der Waals surface area contributed by atoms with Crippen LogP contribution in [0.15, 0.2) is 48.2 Å². The molecule has 1 saturated carbocycles. The van der Waals surface area contributed by atoms with Crippen LogP contribution in [0.2, 0.25) is 10.0 Å².